The molecule has 0 radical (unpaired) electrons. The molecule has 0 bridgehead atoms. The Hall–Kier alpha value is -3.14. The van der Waals surface area contributed by atoms with Crippen molar-refractivity contribution in [1.29, 1.82) is 0 Å². The molecular weight excluding hydrogens is 414 g/mol. The molecule has 1 aromatic carbocycles. The molecule has 32 heavy (non-hydrogen) atoms. The summed E-state index contributed by atoms with van der Waals surface area (Å²) >= 11 is 0. The fourth-order valence-electron chi connectivity index (χ4n) is 4.02. The van der Waals surface area contributed by atoms with Gasteiger partial charge in [0.1, 0.15) is 17.5 Å². The minimum atomic E-state index is -0.609. The first kappa shape index (κ1) is 20.7. The summed E-state index contributed by atoms with van der Waals surface area (Å²) in [5, 5.41) is 17.2. The van der Waals surface area contributed by atoms with Crippen molar-refractivity contribution >= 4 is 17.7 Å². The van der Waals surface area contributed by atoms with Crippen LogP contribution in [0, 0.1) is 11.6 Å². The van der Waals surface area contributed by atoms with E-state index in [0.29, 0.717) is 40.9 Å². The van der Waals surface area contributed by atoms with Crippen LogP contribution in [0.4, 0.5) is 26.5 Å². The minimum Gasteiger partial charge on any atom is -0.347 e. The molecular formula is C22H26F2N8. The highest BCUT2D eigenvalue weighted by Crippen LogP contribution is 2.39. The molecule has 10 heteroatoms. The Morgan fingerprint density at radius 2 is 1.75 bits per heavy atom. The zero-order chi connectivity index (χ0) is 22.1. The normalized spacial score (nSPS) is 17.8. The summed E-state index contributed by atoms with van der Waals surface area (Å²) in [4.78, 5) is 13.6. The molecule has 1 aliphatic heterocycles. The summed E-state index contributed by atoms with van der Waals surface area (Å²) in [7, 11) is 0. The van der Waals surface area contributed by atoms with Crippen LogP contribution in [0.25, 0.3) is 0 Å². The number of benzene rings is 1. The number of anilines is 3. The fourth-order valence-corrected chi connectivity index (χ4v) is 4.02. The maximum atomic E-state index is 14.2. The molecule has 1 aliphatic carbocycles. The molecule has 8 nitrogen and oxygen atoms in total. The molecule has 2 aliphatic rings. The first-order valence-electron chi connectivity index (χ1n) is 11.1. The van der Waals surface area contributed by atoms with Crippen LogP contribution in [-0.4, -0.2) is 38.2 Å². The zero-order valence-corrected chi connectivity index (χ0v) is 17.8. The maximum absolute atomic E-state index is 14.2. The standard InChI is InChI=1S/C22H26F2N8/c1-12(16-5-4-15(23)10-17(16)24)26-21-28-20(14-2-3-14)29-22(30-21)27-19-11-18(31-32-19)13-6-8-25-9-7-13/h4-5,10-14,25H,2-3,6-9H2,1H3,(H3,26,27,28,29,30,31,32). The third-order valence-electron chi connectivity index (χ3n) is 5.99. The summed E-state index contributed by atoms with van der Waals surface area (Å²) < 4.78 is 27.4. The average molecular weight is 441 g/mol. The lowest BCUT2D eigenvalue weighted by atomic mass is 9.95. The molecule has 1 atom stereocenters. The van der Waals surface area contributed by atoms with E-state index in [9.17, 15) is 8.78 Å². The largest absolute Gasteiger partial charge is 0.347 e. The number of H-pyrrole nitrogens is 1. The smallest absolute Gasteiger partial charge is 0.233 e. The van der Waals surface area contributed by atoms with E-state index in [0.717, 1.165) is 50.5 Å². The summed E-state index contributed by atoms with van der Waals surface area (Å²) in [6.45, 7) is 3.79. The van der Waals surface area contributed by atoms with Crippen molar-refractivity contribution in [3.05, 3.63) is 53.0 Å². The van der Waals surface area contributed by atoms with Crippen LogP contribution < -0.4 is 16.0 Å². The number of hydrogen-bond acceptors (Lipinski definition) is 7. The second kappa shape index (κ2) is 8.78. The van der Waals surface area contributed by atoms with E-state index >= 15 is 0 Å². The van der Waals surface area contributed by atoms with Crippen molar-refractivity contribution in [1.82, 2.24) is 30.5 Å². The molecule has 3 aromatic rings. The quantitative estimate of drug-likeness (QED) is 0.438. The number of nitrogens with zero attached hydrogens (tertiary/aromatic N) is 4. The van der Waals surface area contributed by atoms with E-state index in [2.05, 4.69) is 41.1 Å². The van der Waals surface area contributed by atoms with Gasteiger partial charge in [-0.05, 0) is 51.8 Å². The molecule has 5 rings (SSSR count). The number of nitrogens with one attached hydrogen (secondary N) is 4. The molecule has 4 N–H and O–H groups in total. The first-order chi connectivity index (χ1) is 15.5. The van der Waals surface area contributed by atoms with E-state index in [-0.39, 0.29) is 0 Å². The number of aromatic nitrogens is 5. The van der Waals surface area contributed by atoms with Gasteiger partial charge in [0, 0.05) is 35.2 Å². The molecule has 2 fully saturated rings. The highest BCUT2D eigenvalue weighted by Gasteiger charge is 2.28. The number of hydrogen-bond donors (Lipinski definition) is 4. The first-order valence-corrected chi connectivity index (χ1v) is 11.1. The van der Waals surface area contributed by atoms with Crippen LogP contribution >= 0.6 is 0 Å². The van der Waals surface area contributed by atoms with Gasteiger partial charge in [0.25, 0.3) is 0 Å². The van der Waals surface area contributed by atoms with Crippen molar-refractivity contribution in [3.8, 4) is 0 Å². The van der Waals surface area contributed by atoms with Crippen molar-refractivity contribution < 1.29 is 8.78 Å². The van der Waals surface area contributed by atoms with E-state index in [1.54, 1.807) is 6.92 Å². The summed E-state index contributed by atoms with van der Waals surface area (Å²) in [6.07, 6.45) is 4.22. The lowest BCUT2D eigenvalue weighted by Gasteiger charge is -2.20. The van der Waals surface area contributed by atoms with E-state index in [4.69, 9.17) is 0 Å². The number of rotatable bonds is 7. The van der Waals surface area contributed by atoms with Gasteiger partial charge >= 0.3 is 0 Å². The van der Waals surface area contributed by atoms with Crippen molar-refractivity contribution in [3.63, 3.8) is 0 Å². The lowest BCUT2D eigenvalue weighted by molar-refractivity contribution is 0.453. The second-order valence-electron chi connectivity index (χ2n) is 8.50. The van der Waals surface area contributed by atoms with E-state index in [1.807, 2.05) is 6.07 Å². The molecule has 0 amide bonds. The summed E-state index contributed by atoms with van der Waals surface area (Å²) in [6, 6.07) is 5.09. The third kappa shape index (κ3) is 4.69. The van der Waals surface area contributed by atoms with Gasteiger partial charge in [-0.1, -0.05) is 6.07 Å². The monoisotopic (exact) mass is 440 g/mol. The van der Waals surface area contributed by atoms with Gasteiger partial charge in [-0.25, -0.2) is 8.78 Å². The van der Waals surface area contributed by atoms with Crippen LogP contribution in [0.5, 0.6) is 0 Å². The van der Waals surface area contributed by atoms with Gasteiger partial charge in [0.2, 0.25) is 11.9 Å². The van der Waals surface area contributed by atoms with Crippen LogP contribution in [0.1, 0.15) is 67.6 Å². The number of halogens is 2. The zero-order valence-electron chi connectivity index (χ0n) is 17.8. The third-order valence-corrected chi connectivity index (χ3v) is 5.99. The Bertz CT molecular complexity index is 1090. The Morgan fingerprint density at radius 1 is 0.969 bits per heavy atom. The SMILES string of the molecule is CC(Nc1nc(Nc2cc(C3CCNCC3)[nH]n2)nc(C2CC2)n1)c1ccc(F)cc1F. The minimum absolute atomic E-state index is 0.307. The van der Waals surface area contributed by atoms with Gasteiger partial charge < -0.3 is 16.0 Å². The van der Waals surface area contributed by atoms with Gasteiger partial charge in [0.15, 0.2) is 5.82 Å². The van der Waals surface area contributed by atoms with Gasteiger partial charge in [-0.15, -0.1) is 0 Å². The summed E-state index contributed by atoms with van der Waals surface area (Å²) in [5.74, 6) is 1.63. The molecule has 1 saturated heterocycles. The Kier molecular flexibility index (Phi) is 5.69. The maximum Gasteiger partial charge on any atom is 0.233 e. The van der Waals surface area contributed by atoms with Crippen LogP contribution in [0.3, 0.4) is 0 Å². The van der Waals surface area contributed by atoms with E-state index in [1.165, 1.54) is 12.1 Å². The second-order valence-corrected chi connectivity index (χ2v) is 8.50. The molecule has 168 valence electrons. The van der Waals surface area contributed by atoms with Crippen LogP contribution in [0.15, 0.2) is 24.3 Å². The van der Waals surface area contributed by atoms with Crippen molar-refractivity contribution in [2.24, 2.45) is 0 Å². The Morgan fingerprint density at radius 3 is 2.50 bits per heavy atom. The van der Waals surface area contributed by atoms with Crippen LogP contribution in [0.2, 0.25) is 0 Å². The number of piperidine rings is 1. The number of aromatic amines is 1. The van der Waals surface area contributed by atoms with Crippen molar-refractivity contribution in [2.45, 2.75) is 50.5 Å². The van der Waals surface area contributed by atoms with Gasteiger partial charge in [0.05, 0.1) is 6.04 Å². The molecule has 1 saturated carbocycles. The van der Waals surface area contributed by atoms with Gasteiger partial charge in [-0.3, -0.25) is 5.10 Å². The molecule has 3 heterocycles. The highest BCUT2D eigenvalue weighted by molar-refractivity contribution is 5.50. The predicted octanol–water partition coefficient (Wildman–Crippen LogP) is 4.13. The van der Waals surface area contributed by atoms with Crippen molar-refractivity contribution in [2.75, 3.05) is 23.7 Å². The van der Waals surface area contributed by atoms with Crippen LogP contribution in [-0.2, 0) is 0 Å². The Balaban J connectivity index is 1.35. The summed E-state index contributed by atoms with van der Waals surface area (Å²) in [5.41, 5.74) is 1.44. The molecule has 1 unspecified atom stereocenters. The highest BCUT2D eigenvalue weighted by atomic mass is 19.1. The molecule has 0 spiro atoms. The van der Waals surface area contributed by atoms with Gasteiger partial charge in [-0.2, -0.15) is 20.1 Å². The Labute approximate surface area is 184 Å². The topological polar surface area (TPSA) is 103 Å². The predicted molar refractivity (Wildman–Crippen MR) is 117 cm³/mol. The molecule has 2 aromatic heterocycles. The lowest BCUT2D eigenvalue weighted by Crippen LogP contribution is -2.26. The average Bonchev–Trinajstić information content (AvgIpc) is 3.53. The van der Waals surface area contributed by atoms with E-state index < -0.39 is 17.7 Å². The fraction of sp³-hybridized carbons (Fsp3) is 0.455.